The van der Waals surface area contributed by atoms with Gasteiger partial charge in [0.15, 0.2) is 5.75 Å². The highest BCUT2D eigenvalue weighted by molar-refractivity contribution is 6.00. The second kappa shape index (κ2) is 14.4. The smallest absolute Gasteiger partial charge is 0.416 e. The average Bonchev–Trinajstić information content (AvgIpc) is 3.02. The number of hydrogen-bond donors (Lipinski definition) is 3. The Labute approximate surface area is 268 Å². The summed E-state index contributed by atoms with van der Waals surface area (Å²) in [6.07, 6.45) is -3.71. The molecule has 47 heavy (non-hydrogen) atoms. The molecule has 0 spiro atoms. The van der Waals surface area contributed by atoms with Gasteiger partial charge in [0.05, 0.1) is 30.4 Å². The first-order valence-corrected chi connectivity index (χ1v) is 14.4. The zero-order valence-electron chi connectivity index (χ0n) is 26.0. The van der Waals surface area contributed by atoms with E-state index in [2.05, 4.69) is 15.6 Å². The second-order valence-corrected chi connectivity index (χ2v) is 11.1. The number of benzene rings is 3. The monoisotopic (exact) mass is 655 g/mol. The number of alkyl halides is 3. The highest BCUT2D eigenvalue weighted by atomic mass is 19.4. The minimum absolute atomic E-state index is 0.215. The van der Waals surface area contributed by atoms with Crippen molar-refractivity contribution in [1.29, 1.82) is 0 Å². The summed E-state index contributed by atoms with van der Waals surface area (Å²) in [5.41, 5.74) is -1.42. The van der Waals surface area contributed by atoms with Crippen molar-refractivity contribution < 1.29 is 46.5 Å². The van der Waals surface area contributed by atoms with Crippen molar-refractivity contribution in [2.75, 3.05) is 24.4 Å². The van der Waals surface area contributed by atoms with Gasteiger partial charge >= 0.3 is 18.2 Å². The van der Waals surface area contributed by atoms with E-state index >= 15 is 4.39 Å². The molecule has 4 aromatic rings. The molecule has 0 atom stereocenters. The first kappa shape index (κ1) is 34.5. The van der Waals surface area contributed by atoms with Crippen LogP contribution >= 0.6 is 0 Å². The van der Waals surface area contributed by atoms with Gasteiger partial charge in [-0.25, -0.2) is 14.2 Å². The van der Waals surface area contributed by atoms with Crippen LogP contribution in [0.4, 0.5) is 33.7 Å². The van der Waals surface area contributed by atoms with Crippen molar-refractivity contribution in [2.45, 2.75) is 40.0 Å². The minimum atomic E-state index is -4.81. The third-order valence-electron chi connectivity index (χ3n) is 7.09. The number of pyridine rings is 1. The molecule has 4 rings (SSSR count). The SMILES string of the molecule is CCOc1cc(-c2ccc(NC(=O)Nc3ccc(CC(C)(C)C(=O)O)c(C(F)(F)F)c3)c(F)c2)cnc1OCc1ccc(OC)cc1. The van der Waals surface area contributed by atoms with Gasteiger partial charge in [0.1, 0.15) is 18.2 Å². The molecule has 0 aliphatic rings. The molecule has 1 heterocycles. The molecule has 9 nitrogen and oxygen atoms in total. The lowest BCUT2D eigenvalue weighted by Gasteiger charge is -2.22. The molecule has 0 saturated heterocycles. The van der Waals surface area contributed by atoms with Crippen molar-refractivity contribution in [3.8, 4) is 28.5 Å². The van der Waals surface area contributed by atoms with E-state index in [1.165, 1.54) is 44.3 Å². The topological polar surface area (TPSA) is 119 Å². The summed E-state index contributed by atoms with van der Waals surface area (Å²) in [7, 11) is 1.58. The van der Waals surface area contributed by atoms with E-state index in [1.807, 2.05) is 24.3 Å². The molecule has 1 aromatic heterocycles. The van der Waals surface area contributed by atoms with E-state index in [1.54, 1.807) is 20.1 Å². The number of nitrogens with zero attached hydrogens (tertiary/aromatic N) is 1. The van der Waals surface area contributed by atoms with Gasteiger partial charge in [0.25, 0.3) is 5.88 Å². The van der Waals surface area contributed by atoms with E-state index < -0.39 is 35.0 Å². The minimum Gasteiger partial charge on any atom is -0.497 e. The molecule has 3 N–H and O–H groups in total. The van der Waals surface area contributed by atoms with Crippen molar-refractivity contribution in [3.05, 3.63) is 95.4 Å². The zero-order valence-corrected chi connectivity index (χ0v) is 26.0. The number of urea groups is 1. The van der Waals surface area contributed by atoms with Gasteiger partial charge in [-0.15, -0.1) is 0 Å². The lowest BCUT2D eigenvalue weighted by Crippen LogP contribution is -2.27. The van der Waals surface area contributed by atoms with E-state index in [-0.39, 0.29) is 35.8 Å². The van der Waals surface area contributed by atoms with Crippen LogP contribution in [0.1, 0.15) is 37.5 Å². The number of aliphatic carboxylic acids is 1. The maximum atomic E-state index is 15.1. The van der Waals surface area contributed by atoms with Crippen molar-refractivity contribution in [1.82, 2.24) is 4.98 Å². The predicted octanol–water partition coefficient (Wildman–Crippen LogP) is 8.19. The third kappa shape index (κ3) is 8.90. The van der Waals surface area contributed by atoms with Crippen LogP contribution in [0.15, 0.2) is 72.9 Å². The third-order valence-corrected chi connectivity index (χ3v) is 7.09. The van der Waals surface area contributed by atoms with Crippen molar-refractivity contribution in [3.63, 3.8) is 0 Å². The largest absolute Gasteiger partial charge is 0.497 e. The lowest BCUT2D eigenvalue weighted by atomic mass is 9.84. The highest BCUT2D eigenvalue weighted by Gasteiger charge is 2.37. The van der Waals surface area contributed by atoms with Gasteiger partial charge in [-0.3, -0.25) is 4.79 Å². The fourth-order valence-corrected chi connectivity index (χ4v) is 4.54. The summed E-state index contributed by atoms with van der Waals surface area (Å²) >= 11 is 0. The first-order valence-electron chi connectivity index (χ1n) is 14.4. The Hall–Kier alpha value is -5.33. The van der Waals surface area contributed by atoms with Gasteiger partial charge in [-0.05, 0) is 86.3 Å². The number of amides is 2. The molecule has 0 fully saturated rings. The Morgan fingerprint density at radius 3 is 2.26 bits per heavy atom. The maximum absolute atomic E-state index is 15.1. The number of aromatic nitrogens is 1. The Morgan fingerprint density at radius 2 is 1.64 bits per heavy atom. The highest BCUT2D eigenvalue weighted by Crippen LogP contribution is 2.37. The van der Waals surface area contributed by atoms with Crippen LogP contribution in [-0.2, 0) is 24.0 Å². The molecular weight excluding hydrogens is 622 g/mol. The molecule has 0 radical (unpaired) electrons. The molecule has 0 bridgehead atoms. The van der Waals surface area contributed by atoms with Crippen molar-refractivity contribution >= 4 is 23.4 Å². The normalized spacial score (nSPS) is 11.5. The Balaban J connectivity index is 1.46. The van der Waals surface area contributed by atoms with Crippen LogP contribution in [0.2, 0.25) is 0 Å². The number of nitrogens with one attached hydrogen (secondary N) is 2. The molecule has 0 unspecified atom stereocenters. The molecule has 248 valence electrons. The molecule has 0 aliphatic carbocycles. The molecular formula is C34H33F4N3O6. The van der Waals surface area contributed by atoms with Crippen LogP contribution in [0.5, 0.6) is 17.4 Å². The number of rotatable bonds is 12. The number of ether oxygens (including phenoxy) is 3. The number of methoxy groups -OCH3 is 1. The van der Waals surface area contributed by atoms with E-state index in [4.69, 9.17) is 14.2 Å². The number of carbonyl (C=O) groups is 2. The number of carboxylic acid groups (broad SMARTS) is 1. The number of halogens is 4. The maximum Gasteiger partial charge on any atom is 0.416 e. The van der Waals surface area contributed by atoms with Gasteiger partial charge in [-0.1, -0.05) is 24.3 Å². The van der Waals surface area contributed by atoms with Crippen LogP contribution < -0.4 is 24.8 Å². The predicted molar refractivity (Wildman–Crippen MR) is 167 cm³/mol. The van der Waals surface area contributed by atoms with Crippen molar-refractivity contribution in [2.24, 2.45) is 5.41 Å². The van der Waals surface area contributed by atoms with Gasteiger partial charge in [0, 0.05) is 17.4 Å². The number of anilines is 2. The number of carboxylic acids is 1. The summed E-state index contributed by atoms with van der Waals surface area (Å²) in [5, 5.41) is 13.9. The quantitative estimate of drug-likeness (QED) is 0.132. The van der Waals surface area contributed by atoms with Gasteiger partial charge in [0.2, 0.25) is 0 Å². The van der Waals surface area contributed by atoms with Gasteiger partial charge < -0.3 is 30.0 Å². The number of hydrogen-bond acceptors (Lipinski definition) is 6. The zero-order chi connectivity index (χ0) is 34.4. The van der Waals surface area contributed by atoms with Crippen LogP contribution in [-0.4, -0.2) is 35.8 Å². The summed E-state index contributed by atoms with van der Waals surface area (Å²) < 4.78 is 73.2. The average molecular weight is 656 g/mol. The standard InChI is InChI=1S/C34H33F4N3O6/c1-5-46-29-15-23(18-39-30(29)47-19-20-6-11-25(45-4)12-7-20)21-9-13-28(27(35)14-21)41-32(44)40-24-10-8-22(17-33(2,3)31(42)43)26(16-24)34(36,37)38/h6-16,18H,5,17,19H2,1-4H3,(H,42,43)(H2,40,41,44). The van der Waals surface area contributed by atoms with Gasteiger partial charge in [-0.2, -0.15) is 13.2 Å². The Bertz CT molecular complexity index is 1740. The Kier molecular flexibility index (Phi) is 10.6. The summed E-state index contributed by atoms with van der Waals surface area (Å²) in [4.78, 5) is 28.4. The summed E-state index contributed by atoms with van der Waals surface area (Å²) in [6, 6.07) is 15.0. The summed E-state index contributed by atoms with van der Waals surface area (Å²) in [5.74, 6) is -0.758. The van der Waals surface area contributed by atoms with E-state index in [9.17, 15) is 27.9 Å². The lowest BCUT2D eigenvalue weighted by molar-refractivity contribution is -0.148. The van der Waals surface area contributed by atoms with Crippen LogP contribution in [0, 0.1) is 11.2 Å². The van der Waals surface area contributed by atoms with Crippen LogP contribution in [0.3, 0.4) is 0 Å². The molecule has 3 aromatic carbocycles. The van der Waals surface area contributed by atoms with E-state index in [0.717, 1.165) is 11.6 Å². The fraction of sp³-hybridized carbons (Fsp3) is 0.265. The molecule has 0 aliphatic heterocycles. The van der Waals surface area contributed by atoms with E-state index in [0.29, 0.717) is 35.3 Å². The fourth-order valence-electron chi connectivity index (χ4n) is 4.54. The first-order chi connectivity index (χ1) is 22.2. The summed E-state index contributed by atoms with van der Waals surface area (Å²) in [6.45, 7) is 4.97. The molecule has 13 heteroatoms. The van der Waals surface area contributed by atoms with Crippen LogP contribution in [0.25, 0.3) is 11.1 Å². The second-order valence-electron chi connectivity index (χ2n) is 11.1. The number of carbonyl (C=O) groups excluding carboxylic acids is 1. The molecule has 2 amide bonds. The molecule has 0 saturated carbocycles. The Morgan fingerprint density at radius 1 is 0.915 bits per heavy atom.